The molecule has 6 heteroatoms. The highest BCUT2D eigenvalue weighted by atomic mass is 35.5. The van der Waals surface area contributed by atoms with Crippen LogP contribution in [0, 0.1) is 0 Å². The summed E-state index contributed by atoms with van der Waals surface area (Å²) in [5.41, 5.74) is 0.903. The lowest BCUT2D eigenvalue weighted by Gasteiger charge is -2.16. The smallest absolute Gasteiger partial charge is 0.181 e. The molecule has 110 valence electrons. The molecule has 0 N–H and O–H groups in total. The summed E-state index contributed by atoms with van der Waals surface area (Å²) in [6.07, 6.45) is 9.24. The van der Waals surface area contributed by atoms with Crippen LogP contribution in [0.2, 0.25) is 5.02 Å². The topological polar surface area (TPSA) is 46.8 Å². The minimum atomic E-state index is 0.702. The van der Waals surface area contributed by atoms with Crippen molar-refractivity contribution in [3.05, 3.63) is 41.3 Å². The van der Waals surface area contributed by atoms with Crippen LogP contribution in [0.4, 0.5) is 0 Å². The lowest BCUT2D eigenvalue weighted by atomic mass is 10.2. The first-order valence-electron chi connectivity index (χ1n) is 7.29. The van der Waals surface area contributed by atoms with Gasteiger partial charge >= 0.3 is 0 Å². The average Bonchev–Trinajstić information content (AvgIpc) is 2.81. The summed E-state index contributed by atoms with van der Waals surface area (Å²) in [6.45, 7) is 2.22. The van der Waals surface area contributed by atoms with Crippen molar-refractivity contribution >= 4 is 17.7 Å². The fourth-order valence-electron chi connectivity index (χ4n) is 2.48. The summed E-state index contributed by atoms with van der Waals surface area (Å²) in [7, 11) is 0. The number of tetrazole rings is 1. The third-order valence-electron chi connectivity index (χ3n) is 3.64. The molecule has 0 saturated carbocycles. The number of rotatable bonds is 3. The second-order valence-corrected chi connectivity index (χ2v) is 5.63. The first kappa shape index (κ1) is 14.1. The van der Waals surface area contributed by atoms with E-state index in [2.05, 4.69) is 26.6 Å². The van der Waals surface area contributed by atoms with Crippen LogP contribution in [0.25, 0.3) is 11.8 Å². The number of nitrogens with zero attached hydrogens (tertiary/aromatic N) is 5. The molecule has 1 aliphatic heterocycles. The van der Waals surface area contributed by atoms with E-state index in [4.69, 9.17) is 11.6 Å². The number of hydrogen-bond acceptors (Lipinski definition) is 4. The lowest BCUT2D eigenvalue weighted by molar-refractivity contribution is 0.394. The molecular weight excluding hydrogens is 286 g/mol. The van der Waals surface area contributed by atoms with Crippen LogP contribution in [0.5, 0.6) is 0 Å². The van der Waals surface area contributed by atoms with Crippen LogP contribution < -0.4 is 0 Å². The van der Waals surface area contributed by atoms with E-state index in [1.807, 2.05) is 30.3 Å². The van der Waals surface area contributed by atoms with Crippen LogP contribution >= 0.6 is 11.6 Å². The van der Waals surface area contributed by atoms with Gasteiger partial charge in [0.15, 0.2) is 5.82 Å². The normalized spacial score (nSPS) is 16.3. The maximum absolute atomic E-state index is 5.91. The Hall–Kier alpha value is -1.88. The highest BCUT2D eigenvalue weighted by Crippen LogP contribution is 2.15. The molecule has 5 nitrogen and oxygen atoms in total. The zero-order valence-corrected chi connectivity index (χ0v) is 12.6. The Morgan fingerprint density at radius 2 is 1.71 bits per heavy atom. The van der Waals surface area contributed by atoms with Gasteiger partial charge in [-0.15, -0.1) is 5.10 Å². The van der Waals surface area contributed by atoms with Gasteiger partial charge in [0.05, 0.1) is 5.69 Å². The molecule has 1 aromatic carbocycles. The average molecular weight is 304 g/mol. The molecule has 2 heterocycles. The molecule has 1 aliphatic rings. The van der Waals surface area contributed by atoms with Crippen molar-refractivity contribution in [2.24, 2.45) is 0 Å². The predicted octanol–water partition coefficient (Wildman–Crippen LogP) is 3.16. The van der Waals surface area contributed by atoms with E-state index in [1.54, 1.807) is 4.68 Å². The zero-order chi connectivity index (χ0) is 14.5. The summed E-state index contributed by atoms with van der Waals surface area (Å²) in [5, 5.41) is 12.6. The Labute approximate surface area is 129 Å². The van der Waals surface area contributed by atoms with E-state index in [0.717, 1.165) is 24.6 Å². The number of hydrogen-bond donors (Lipinski definition) is 0. The van der Waals surface area contributed by atoms with E-state index in [1.165, 1.54) is 25.7 Å². The van der Waals surface area contributed by atoms with Gasteiger partial charge in [-0.25, -0.2) is 0 Å². The third kappa shape index (κ3) is 3.61. The second-order valence-electron chi connectivity index (χ2n) is 5.19. The van der Waals surface area contributed by atoms with Crippen molar-refractivity contribution in [3.8, 4) is 5.69 Å². The minimum Gasteiger partial charge on any atom is -0.377 e. The van der Waals surface area contributed by atoms with Gasteiger partial charge < -0.3 is 4.90 Å². The van der Waals surface area contributed by atoms with Crippen LogP contribution in [0.15, 0.2) is 30.5 Å². The molecular formula is C15H18ClN5. The first-order valence-corrected chi connectivity index (χ1v) is 7.67. The molecule has 1 saturated heterocycles. The third-order valence-corrected chi connectivity index (χ3v) is 3.89. The van der Waals surface area contributed by atoms with E-state index in [9.17, 15) is 0 Å². The predicted molar refractivity (Wildman–Crippen MR) is 83.2 cm³/mol. The molecule has 0 bridgehead atoms. The van der Waals surface area contributed by atoms with Crippen LogP contribution in [-0.4, -0.2) is 38.2 Å². The number of aromatic nitrogens is 4. The zero-order valence-electron chi connectivity index (χ0n) is 11.8. The molecule has 1 fully saturated rings. The molecule has 0 radical (unpaired) electrons. The number of halogens is 1. The summed E-state index contributed by atoms with van der Waals surface area (Å²) < 4.78 is 1.71. The Bertz CT molecular complexity index is 597. The van der Waals surface area contributed by atoms with Crippen LogP contribution in [0.1, 0.15) is 31.5 Å². The Kier molecular flexibility index (Phi) is 4.50. The Balaban J connectivity index is 1.77. The highest BCUT2D eigenvalue weighted by Gasteiger charge is 2.07. The van der Waals surface area contributed by atoms with Crippen molar-refractivity contribution in [1.29, 1.82) is 0 Å². The maximum atomic E-state index is 5.91. The van der Waals surface area contributed by atoms with Crippen LogP contribution in [0.3, 0.4) is 0 Å². The molecule has 0 atom stereocenters. The monoisotopic (exact) mass is 303 g/mol. The van der Waals surface area contributed by atoms with Crippen molar-refractivity contribution < 1.29 is 0 Å². The van der Waals surface area contributed by atoms with Gasteiger partial charge in [-0.1, -0.05) is 24.4 Å². The Morgan fingerprint density at radius 3 is 2.43 bits per heavy atom. The van der Waals surface area contributed by atoms with Crippen LogP contribution in [-0.2, 0) is 0 Å². The number of likely N-dealkylation sites (tertiary alicyclic amines) is 1. The lowest BCUT2D eigenvalue weighted by Crippen LogP contribution is -2.17. The van der Waals surface area contributed by atoms with Gasteiger partial charge in [0.25, 0.3) is 0 Å². The second kappa shape index (κ2) is 6.72. The van der Waals surface area contributed by atoms with E-state index in [0.29, 0.717) is 5.02 Å². The van der Waals surface area contributed by atoms with E-state index < -0.39 is 0 Å². The molecule has 0 aliphatic carbocycles. The first-order chi connectivity index (χ1) is 10.3. The molecule has 0 unspecified atom stereocenters. The minimum absolute atomic E-state index is 0.702. The Morgan fingerprint density at radius 1 is 1.00 bits per heavy atom. The molecule has 2 aromatic rings. The summed E-state index contributed by atoms with van der Waals surface area (Å²) in [6, 6.07) is 7.48. The van der Waals surface area contributed by atoms with Crippen molar-refractivity contribution in [2.75, 3.05) is 13.1 Å². The molecule has 3 rings (SSSR count). The van der Waals surface area contributed by atoms with Crippen molar-refractivity contribution in [3.63, 3.8) is 0 Å². The van der Waals surface area contributed by atoms with E-state index in [-0.39, 0.29) is 0 Å². The molecule has 21 heavy (non-hydrogen) atoms. The largest absolute Gasteiger partial charge is 0.377 e. The van der Waals surface area contributed by atoms with Gasteiger partial charge in [-0.05, 0) is 47.5 Å². The molecule has 0 spiro atoms. The van der Waals surface area contributed by atoms with Gasteiger partial charge in [0.2, 0.25) is 0 Å². The molecule has 1 aromatic heterocycles. The standard InChI is InChI=1S/C15H18ClN5/c16-13-5-7-14(8-6-13)21-15(17-18-19-21)9-12-20-10-3-1-2-4-11-20/h5-9,12H,1-4,10-11H2/b12-9+. The van der Waals surface area contributed by atoms with E-state index >= 15 is 0 Å². The summed E-state index contributed by atoms with van der Waals surface area (Å²) >= 11 is 5.91. The fraction of sp³-hybridized carbons (Fsp3) is 0.400. The molecule has 0 amide bonds. The SMILES string of the molecule is Clc1ccc(-n2nnnc2/C=C/N2CCCCCC2)cc1. The van der Waals surface area contributed by atoms with Crippen molar-refractivity contribution in [2.45, 2.75) is 25.7 Å². The van der Waals surface area contributed by atoms with Gasteiger partial charge in [0.1, 0.15) is 0 Å². The van der Waals surface area contributed by atoms with Gasteiger partial charge in [0, 0.05) is 30.4 Å². The summed E-state index contributed by atoms with van der Waals surface area (Å²) in [4.78, 5) is 2.34. The highest BCUT2D eigenvalue weighted by molar-refractivity contribution is 6.30. The quantitative estimate of drug-likeness (QED) is 0.874. The maximum Gasteiger partial charge on any atom is 0.181 e. The van der Waals surface area contributed by atoms with Crippen molar-refractivity contribution in [1.82, 2.24) is 25.1 Å². The number of benzene rings is 1. The summed E-state index contributed by atoms with van der Waals surface area (Å²) in [5.74, 6) is 0.724. The van der Waals surface area contributed by atoms with Gasteiger partial charge in [-0.3, -0.25) is 0 Å². The fourth-order valence-corrected chi connectivity index (χ4v) is 2.61. The van der Waals surface area contributed by atoms with Gasteiger partial charge in [-0.2, -0.15) is 4.68 Å².